The molecule has 0 N–H and O–H groups in total. The van der Waals surface area contributed by atoms with E-state index in [-0.39, 0.29) is 26.3 Å². The van der Waals surface area contributed by atoms with E-state index in [2.05, 4.69) is 286 Å². The summed E-state index contributed by atoms with van der Waals surface area (Å²) in [5.41, 5.74) is 25.0. The molecule has 0 radical (unpaired) electrons. The molecule has 474 valence electrons. The molecule has 0 saturated heterocycles. The van der Waals surface area contributed by atoms with Crippen LogP contribution in [0.1, 0.15) is 226 Å². The largest absolute Gasteiger partial charge is 3.00 e. The van der Waals surface area contributed by atoms with Crippen LogP contribution in [0.4, 0.5) is 5.69 Å². The van der Waals surface area contributed by atoms with Gasteiger partial charge in [-0.1, -0.05) is 205 Å². The Hall–Kier alpha value is -7.83. The summed E-state index contributed by atoms with van der Waals surface area (Å²) in [7, 11) is 0. The van der Waals surface area contributed by atoms with Gasteiger partial charge in [0.25, 0.3) is 0 Å². The monoisotopic (exact) mass is 1390 g/mol. The molecule has 0 bridgehead atoms. The summed E-state index contributed by atoms with van der Waals surface area (Å²) < 4.78 is 4.83. The van der Waals surface area contributed by atoms with Crippen LogP contribution in [-0.2, 0) is 39.4 Å². The third kappa shape index (κ3) is 15.3. The second-order valence-corrected chi connectivity index (χ2v) is 27.2. The van der Waals surface area contributed by atoms with E-state index in [0.717, 1.165) is 110 Å². The molecule has 2 aromatic heterocycles. The topological polar surface area (TPSA) is 53.0 Å². The van der Waals surface area contributed by atoms with Crippen molar-refractivity contribution in [3.63, 3.8) is 0 Å². The fourth-order valence-electron chi connectivity index (χ4n) is 13.5. The Labute approximate surface area is 565 Å². The first-order valence-corrected chi connectivity index (χ1v) is 34.1. The number of rotatable bonds is 26. The molecule has 10 aromatic rings. The maximum atomic E-state index is 5.59. The molecule has 0 saturated carbocycles. The third-order valence-electron chi connectivity index (χ3n) is 18.4. The summed E-state index contributed by atoms with van der Waals surface area (Å²) in [6.07, 6.45) is 17.2. The molecule has 0 spiro atoms. The van der Waals surface area contributed by atoms with Gasteiger partial charge in [0, 0.05) is 35.0 Å². The molecule has 8 aromatic carbocycles. The Morgan fingerprint density at radius 2 is 0.837 bits per heavy atom. The number of aryl methyl sites for hydroxylation is 3. The van der Waals surface area contributed by atoms with Crippen molar-refractivity contribution in [2.75, 3.05) is 4.90 Å². The third-order valence-corrected chi connectivity index (χ3v) is 18.4. The molecule has 6 nitrogen and oxygen atoms in total. The molecule has 11 rings (SSSR count). The molecule has 1 atom stereocenters. The molecule has 7 heteroatoms. The van der Waals surface area contributed by atoms with Gasteiger partial charge < -0.3 is 14.8 Å². The summed E-state index contributed by atoms with van der Waals surface area (Å²) in [5, 5.41) is 5.50. The van der Waals surface area contributed by atoms with Gasteiger partial charge in [0.2, 0.25) is 0 Å². The minimum absolute atomic E-state index is 0. The van der Waals surface area contributed by atoms with Crippen molar-refractivity contribution in [2.45, 2.75) is 189 Å². The summed E-state index contributed by atoms with van der Waals surface area (Å²) in [6, 6.07) is 71.3. The number of unbranched alkanes of at least 4 members (excludes halogenated alkanes) is 4. The van der Waals surface area contributed by atoms with Gasteiger partial charge in [-0.2, -0.15) is 35.9 Å². The molecule has 1 aliphatic rings. The van der Waals surface area contributed by atoms with Crippen molar-refractivity contribution in [3.8, 4) is 56.4 Å². The number of anilines is 1. The molecule has 0 amide bonds. The van der Waals surface area contributed by atoms with E-state index in [1.807, 2.05) is 18.2 Å². The van der Waals surface area contributed by atoms with Crippen molar-refractivity contribution >= 4 is 5.69 Å². The van der Waals surface area contributed by atoms with E-state index in [1.54, 1.807) is 0 Å². The van der Waals surface area contributed by atoms with Crippen molar-refractivity contribution in [1.82, 2.24) is 19.1 Å². The molecular formula is C85H95IrN6. The van der Waals surface area contributed by atoms with Gasteiger partial charge in [-0.3, -0.25) is 9.55 Å². The van der Waals surface area contributed by atoms with Crippen LogP contribution in [0.25, 0.3) is 61.7 Å². The smallest absolute Gasteiger partial charge is 0.665 e. The maximum Gasteiger partial charge on any atom is 3.00 e. The Bertz CT molecular complexity index is 3950. The molecule has 0 fully saturated rings. The van der Waals surface area contributed by atoms with E-state index in [9.17, 15) is 0 Å². The summed E-state index contributed by atoms with van der Waals surface area (Å²) >= 11 is 0. The average molecular weight is 1390 g/mol. The number of allylic oxidation sites excluding steroid dienone is 1. The van der Waals surface area contributed by atoms with Crippen LogP contribution in [0.15, 0.2) is 200 Å². The zero-order valence-electron chi connectivity index (χ0n) is 56.6. The Morgan fingerprint density at radius 1 is 0.391 bits per heavy atom. The van der Waals surface area contributed by atoms with Crippen LogP contribution in [0.5, 0.6) is 0 Å². The molecule has 1 unspecified atom stereocenters. The Kier molecular flexibility index (Phi) is 22.4. The second-order valence-electron chi connectivity index (χ2n) is 27.2. The predicted octanol–water partition coefficient (Wildman–Crippen LogP) is 23.6. The predicted molar refractivity (Wildman–Crippen MR) is 384 cm³/mol. The van der Waals surface area contributed by atoms with Crippen LogP contribution in [-0.4, -0.2) is 19.1 Å². The summed E-state index contributed by atoms with van der Waals surface area (Å²) in [6.45, 7) is 27.8. The van der Waals surface area contributed by atoms with Crippen molar-refractivity contribution in [3.05, 3.63) is 274 Å². The molecular weight excluding hydrogens is 1300 g/mol. The zero-order chi connectivity index (χ0) is 63.7. The molecule has 3 heterocycles. The number of aromatic nitrogens is 4. The fourth-order valence-corrected chi connectivity index (χ4v) is 13.5. The Balaban J connectivity index is 0.00000927. The van der Waals surface area contributed by atoms with E-state index in [4.69, 9.17) is 15.3 Å². The van der Waals surface area contributed by atoms with Gasteiger partial charge in [-0.25, -0.2) is 4.98 Å². The van der Waals surface area contributed by atoms with Crippen LogP contribution in [0, 0.1) is 12.1 Å². The summed E-state index contributed by atoms with van der Waals surface area (Å²) in [4.78, 5) is 13.4. The minimum Gasteiger partial charge on any atom is -0.665 e. The van der Waals surface area contributed by atoms with Crippen LogP contribution in [0.3, 0.4) is 0 Å². The number of hydrogen-bond donors (Lipinski definition) is 0. The fraction of sp³-hybridized carbons (Fsp3) is 0.341. The number of hydrogen-bond acceptors (Lipinski definition) is 3. The second kappa shape index (κ2) is 30.7. The van der Waals surface area contributed by atoms with E-state index >= 15 is 0 Å². The number of benzene rings is 8. The van der Waals surface area contributed by atoms with Gasteiger partial charge in [0.05, 0.1) is 17.2 Å². The minimum atomic E-state index is -0.164. The molecule has 1 aliphatic heterocycles. The van der Waals surface area contributed by atoms with Crippen LogP contribution in [0.2, 0.25) is 0 Å². The van der Waals surface area contributed by atoms with Crippen molar-refractivity contribution < 1.29 is 20.1 Å². The van der Waals surface area contributed by atoms with Gasteiger partial charge in [0.15, 0.2) is 0 Å². The number of imidazole rings is 2. The first kappa shape index (κ1) is 67.1. The molecule has 0 aliphatic carbocycles. The average Bonchev–Trinajstić information content (AvgIpc) is 1.45. The number of para-hydroxylation sites is 1. The zero-order valence-corrected chi connectivity index (χ0v) is 59.0. The Morgan fingerprint density at radius 3 is 1.33 bits per heavy atom. The summed E-state index contributed by atoms with van der Waals surface area (Å²) in [5.74, 6) is 3.99. The molecule has 92 heavy (non-hydrogen) atoms. The van der Waals surface area contributed by atoms with Crippen LogP contribution >= 0.6 is 0 Å². The number of nitrogens with zero attached hydrogens (tertiary/aromatic N) is 6. The van der Waals surface area contributed by atoms with Crippen LogP contribution < -0.4 is 4.90 Å². The first-order valence-electron chi connectivity index (χ1n) is 34.1. The van der Waals surface area contributed by atoms with Gasteiger partial charge >= 0.3 is 20.1 Å². The SMILES string of the molecule is CC(C)c1cc(-c2ccccc2)cc(C(C)C)c1N1C=C(CCCCc2ccc(-c3nc(CCCCCCc4cn(-c5c(C(C)C)cccc5C(C)C)c(-c5[c-]cccc5)n4)cn3-c3c(C(C)C)cc(-c4ccccc4)cc3C(C)C)cc2)[N-]C1c1[c-]cccc1.[Ir+3]. The van der Waals surface area contributed by atoms with E-state index < -0.39 is 0 Å². The normalized spacial score (nSPS) is 13.3. The van der Waals surface area contributed by atoms with Crippen molar-refractivity contribution in [1.29, 1.82) is 0 Å². The standard InChI is InChI=1S/C85H95N6.Ir/c1-57(2)74-44-31-45-75(58(3)4)80(74)89-54-71(86-83(89)66-37-23-17-24-38-66)41-27-13-14-28-42-72-55-91(82-78(61(9)10)52-70(53-79(82)62(11)12)65-35-21-16-22-36-65)85(88-72)68-48-46-63(47-49-68)32-29-30-43-73-56-90(84(87-73)67-39-25-18-26-40-67)81-76(59(5)6)50-69(51-77(81)60(7)8)64-33-19-15-20-34-64;/h15-26,31,33-37,39,44-62,84H,13-14,27-30,32,41-43H2,1-12H3;/q-3;+3. The first-order chi connectivity index (χ1) is 44.1. The maximum absolute atomic E-state index is 5.59. The van der Waals surface area contributed by atoms with Crippen molar-refractivity contribution in [2.24, 2.45) is 0 Å². The van der Waals surface area contributed by atoms with Gasteiger partial charge in [-0.15, -0.1) is 41.6 Å². The van der Waals surface area contributed by atoms with E-state index in [1.165, 1.54) is 78.3 Å². The van der Waals surface area contributed by atoms with Gasteiger partial charge in [-0.05, 0) is 178 Å². The quantitative estimate of drug-likeness (QED) is 0.0401. The van der Waals surface area contributed by atoms with E-state index in [0.29, 0.717) is 35.5 Å². The van der Waals surface area contributed by atoms with Gasteiger partial charge in [0.1, 0.15) is 5.82 Å².